The second kappa shape index (κ2) is 8.24. The highest BCUT2D eigenvalue weighted by Gasteiger charge is 2.26. The number of carbonyl (C=O) groups is 2. The number of rotatable bonds is 6. The maximum atomic E-state index is 12.6. The third-order valence-corrected chi connectivity index (χ3v) is 3.87. The third-order valence-electron chi connectivity index (χ3n) is 3.87. The van der Waals surface area contributed by atoms with Gasteiger partial charge in [0.05, 0.1) is 25.3 Å². The maximum Gasteiger partial charge on any atom is 0.307 e. The van der Waals surface area contributed by atoms with Crippen LogP contribution in [0.1, 0.15) is 27.8 Å². The van der Waals surface area contributed by atoms with Crippen LogP contribution in [0.15, 0.2) is 71.4 Å². The van der Waals surface area contributed by atoms with Crippen molar-refractivity contribution in [1.29, 1.82) is 0 Å². The van der Waals surface area contributed by atoms with Crippen LogP contribution in [-0.4, -0.2) is 24.7 Å². The Bertz CT molecular complexity index is 771. The first-order valence-corrected chi connectivity index (χ1v) is 7.85. The molecule has 0 bridgehead atoms. The molecule has 5 heteroatoms. The Morgan fingerprint density at radius 1 is 1.36 bits per heavy atom. The number of carbonyl (C=O) groups excluding carboxylic acids is 2. The molecule has 5 nitrogen and oxygen atoms in total. The number of hydrogen-bond donors (Lipinski definition) is 1. The lowest BCUT2D eigenvalue weighted by atomic mass is 10.0. The summed E-state index contributed by atoms with van der Waals surface area (Å²) in [6.07, 6.45) is 3.33. The fourth-order valence-electron chi connectivity index (χ4n) is 2.43. The Kier molecular flexibility index (Phi) is 6.06. The minimum Gasteiger partial charge on any atom is -0.469 e. The third kappa shape index (κ3) is 4.53. The summed E-state index contributed by atoms with van der Waals surface area (Å²) in [7, 11) is 1.32. The summed E-state index contributed by atoms with van der Waals surface area (Å²) in [5.74, 6) is -0.773. The van der Waals surface area contributed by atoms with E-state index in [1.165, 1.54) is 7.11 Å². The second-order valence-corrected chi connectivity index (χ2v) is 5.62. The minimum atomic E-state index is -0.501. The molecule has 25 heavy (non-hydrogen) atoms. The maximum absolute atomic E-state index is 12.6. The number of ether oxygens (including phenoxy) is 1. The quantitative estimate of drug-likeness (QED) is 0.804. The van der Waals surface area contributed by atoms with Crippen LogP contribution in [0.5, 0.6) is 0 Å². The van der Waals surface area contributed by atoms with E-state index in [4.69, 9.17) is 4.74 Å². The molecule has 0 saturated carbocycles. The van der Waals surface area contributed by atoms with Gasteiger partial charge in [0.25, 0.3) is 5.91 Å². The van der Waals surface area contributed by atoms with Crippen molar-refractivity contribution in [2.45, 2.75) is 19.4 Å². The van der Waals surface area contributed by atoms with Gasteiger partial charge < -0.3 is 10.1 Å². The normalized spacial score (nSPS) is 16.7. The van der Waals surface area contributed by atoms with Gasteiger partial charge in [0.1, 0.15) is 5.71 Å². The fourth-order valence-corrected chi connectivity index (χ4v) is 2.43. The predicted molar refractivity (Wildman–Crippen MR) is 102 cm³/mol. The molecule has 0 fully saturated rings. The van der Waals surface area contributed by atoms with Gasteiger partial charge in [0.15, 0.2) is 0 Å². The zero-order valence-electron chi connectivity index (χ0n) is 14.4. The molecule has 0 aromatic heterocycles. The number of methoxy groups -OCH3 is 1. The van der Waals surface area contributed by atoms with Crippen LogP contribution in [-0.2, 0) is 14.3 Å². The fraction of sp³-hybridized carbons (Fsp3) is 0.200. The second-order valence-electron chi connectivity index (χ2n) is 5.62. The minimum absolute atomic E-state index is 0. The summed E-state index contributed by atoms with van der Waals surface area (Å²) in [6, 6.07) is 8.76. The van der Waals surface area contributed by atoms with Crippen LogP contribution < -0.4 is 5.32 Å². The number of nitrogens with one attached hydrogen (secondary N) is 1. The highest BCUT2D eigenvalue weighted by molar-refractivity contribution is 6.44. The summed E-state index contributed by atoms with van der Waals surface area (Å²) in [5, 5.41) is 2.85. The largest absolute Gasteiger partial charge is 0.469 e. The van der Waals surface area contributed by atoms with Crippen LogP contribution in [0.4, 0.5) is 0 Å². The monoisotopic (exact) mass is 341 g/mol. The number of esters is 1. The van der Waals surface area contributed by atoms with Crippen molar-refractivity contribution in [3.05, 3.63) is 78.4 Å². The van der Waals surface area contributed by atoms with Gasteiger partial charge in [-0.25, -0.2) is 4.99 Å². The van der Waals surface area contributed by atoms with E-state index >= 15 is 0 Å². The predicted octanol–water partition coefficient (Wildman–Crippen LogP) is 3.57. The molecule has 1 aromatic rings. The Morgan fingerprint density at radius 2 is 2.04 bits per heavy atom. The SMILES string of the molecule is C=C/C(C)=C1/N=C(C(=O)NC(CC(=O)OC)c2ccccc2)[CH]C1=C.[HH].[HH]. The smallest absolute Gasteiger partial charge is 0.307 e. The number of aliphatic imine (C=N–C) groups is 1. The molecule has 0 spiro atoms. The van der Waals surface area contributed by atoms with Crippen molar-refractivity contribution in [3.8, 4) is 0 Å². The van der Waals surface area contributed by atoms with Crippen molar-refractivity contribution in [3.63, 3.8) is 0 Å². The molecule has 1 aliphatic rings. The summed E-state index contributed by atoms with van der Waals surface area (Å²) >= 11 is 0. The van der Waals surface area contributed by atoms with E-state index in [1.54, 1.807) is 12.5 Å². The molecule has 1 heterocycles. The Labute approximate surface area is 150 Å². The van der Waals surface area contributed by atoms with Crippen molar-refractivity contribution in [1.82, 2.24) is 5.32 Å². The van der Waals surface area contributed by atoms with Gasteiger partial charge >= 0.3 is 5.97 Å². The van der Waals surface area contributed by atoms with E-state index < -0.39 is 12.0 Å². The Balaban J connectivity index is 0.00000338. The molecule has 1 atom stereocenters. The van der Waals surface area contributed by atoms with Crippen LogP contribution in [0, 0.1) is 6.42 Å². The van der Waals surface area contributed by atoms with Gasteiger partial charge in [-0.3, -0.25) is 9.59 Å². The molecule has 0 aliphatic carbocycles. The Hall–Kier alpha value is -2.95. The van der Waals surface area contributed by atoms with Crippen LogP contribution in [0.3, 0.4) is 0 Å². The molecule has 1 aromatic carbocycles. The standard InChI is InChI=1S/C20H21N2O3.2H2/c1-5-13(2)19-14(3)11-17(21-19)20(24)22-16(12-18(23)25-4)15-9-7-6-8-10-15;;/h5-11,16H,1,3,12H2,2,4H3,(H,22,24);2*1H/b19-13+;;. The number of nitrogens with zero attached hydrogens (tertiary/aromatic N) is 1. The average Bonchev–Trinajstić information content (AvgIpc) is 3.03. The zero-order chi connectivity index (χ0) is 18.4. The summed E-state index contributed by atoms with van der Waals surface area (Å²) in [5.41, 5.74) is 3.22. The number of benzene rings is 1. The molecule has 1 unspecified atom stereocenters. The van der Waals surface area contributed by atoms with E-state index in [9.17, 15) is 9.59 Å². The van der Waals surface area contributed by atoms with Gasteiger partial charge in [-0.2, -0.15) is 0 Å². The Morgan fingerprint density at radius 3 is 2.64 bits per heavy atom. The highest BCUT2D eigenvalue weighted by atomic mass is 16.5. The summed E-state index contributed by atoms with van der Waals surface area (Å²) in [6.45, 7) is 9.47. The van der Waals surface area contributed by atoms with E-state index in [2.05, 4.69) is 23.5 Å². The summed E-state index contributed by atoms with van der Waals surface area (Å²) < 4.78 is 4.73. The van der Waals surface area contributed by atoms with Gasteiger partial charge in [-0.1, -0.05) is 49.6 Å². The molecule has 133 valence electrons. The molecular weight excluding hydrogens is 316 g/mol. The average molecular weight is 341 g/mol. The van der Waals surface area contributed by atoms with E-state index in [0.717, 1.165) is 11.1 Å². The van der Waals surface area contributed by atoms with Crippen LogP contribution in [0.2, 0.25) is 0 Å². The first-order valence-electron chi connectivity index (χ1n) is 7.85. The van der Waals surface area contributed by atoms with Gasteiger partial charge in [0.2, 0.25) is 0 Å². The van der Waals surface area contributed by atoms with E-state index in [1.807, 2.05) is 37.3 Å². The first-order chi connectivity index (χ1) is 12.0. The van der Waals surface area contributed by atoms with Gasteiger partial charge in [-0.05, 0) is 23.6 Å². The molecule has 1 radical (unpaired) electrons. The van der Waals surface area contributed by atoms with E-state index in [-0.39, 0.29) is 20.9 Å². The zero-order valence-corrected chi connectivity index (χ0v) is 14.4. The van der Waals surface area contributed by atoms with Crippen LogP contribution >= 0.6 is 0 Å². The van der Waals surface area contributed by atoms with Crippen molar-refractivity contribution >= 4 is 17.6 Å². The van der Waals surface area contributed by atoms with Gasteiger partial charge in [0, 0.05) is 9.27 Å². The number of allylic oxidation sites excluding steroid dienone is 3. The molecular formula is C20H25N2O3. The van der Waals surface area contributed by atoms with Crippen molar-refractivity contribution in [2.24, 2.45) is 4.99 Å². The van der Waals surface area contributed by atoms with Crippen molar-refractivity contribution < 1.29 is 17.2 Å². The van der Waals surface area contributed by atoms with Gasteiger partial charge in [-0.15, -0.1) is 0 Å². The molecule has 1 amide bonds. The molecule has 1 aliphatic heterocycles. The lowest BCUT2D eigenvalue weighted by Gasteiger charge is -2.18. The number of amides is 1. The topological polar surface area (TPSA) is 67.8 Å². The van der Waals surface area contributed by atoms with Crippen LogP contribution in [0.25, 0.3) is 0 Å². The highest BCUT2D eigenvalue weighted by Crippen LogP contribution is 2.26. The lowest BCUT2D eigenvalue weighted by Crippen LogP contribution is -2.35. The lowest BCUT2D eigenvalue weighted by molar-refractivity contribution is -0.141. The van der Waals surface area contributed by atoms with E-state index in [0.29, 0.717) is 11.3 Å². The molecule has 1 N–H and O–H groups in total. The first kappa shape index (κ1) is 18.4. The van der Waals surface area contributed by atoms with Crippen molar-refractivity contribution in [2.75, 3.05) is 7.11 Å². The molecule has 2 rings (SSSR count). The summed E-state index contributed by atoms with van der Waals surface area (Å²) in [4.78, 5) is 28.6. The molecule has 0 saturated heterocycles. The number of hydrogen-bond acceptors (Lipinski definition) is 4.